The predicted molar refractivity (Wildman–Crippen MR) is 107 cm³/mol. The first-order valence-corrected chi connectivity index (χ1v) is 10.3. The van der Waals surface area contributed by atoms with Crippen molar-refractivity contribution < 1.29 is 17.9 Å². The number of hydrogen-bond acceptors (Lipinski definition) is 1. The number of hydrogen-bond donors (Lipinski definition) is 0. The van der Waals surface area contributed by atoms with E-state index in [0.29, 0.717) is 5.92 Å². The fourth-order valence-corrected chi connectivity index (χ4v) is 4.28. The molecule has 2 fully saturated rings. The van der Waals surface area contributed by atoms with Crippen LogP contribution in [0.2, 0.25) is 0 Å². The number of benzene rings is 1. The van der Waals surface area contributed by atoms with Gasteiger partial charge in [-0.25, -0.2) is 0 Å². The molecule has 0 unspecified atom stereocenters. The molecular weight excluding hydrogens is 361 g/mol. The van der Waals surface area contributed by atoms with E-state index in [1.54, 1.807) is 18.1 Å². The van der Waals surface area contributed by atoms with Gasteiger partial charge in [0.25, 0.3) is 0 Å². The van der Waals surface area contributed by atoms with E-state index < -0.39 is 6.36 Å². The van der Waals surface area contributed by atoms with Crippen LogP contribution in [0.4, 0.5) is 13.2 Å². The Balaban J connectivity index is 1.43. The highest BCUT2D eigenvalue weighted by Gasteiger charge is 2.31. The first-order chi connectivity index (χ1) is 13.4. The summed E-state index contributed by atoms with van der Waals surface area (Å²) in [5.41, 5.74) is 1.04. The van der Waals surface area contributed by atoms with Gasteiger partial charge in [0.2, 0.25) is 0 Å². The molecular formula is C24H29F3O. The monoisotopic (exact) mass is 390 g/mol. The second-order valence-electron chi connectivity index (χ2n) is 7.89. The SMILES string of the molecule is C/C=C/C1CC[C](/C=C/C2CC[C](c3ccc(OC(F)(F)F)cc3)CC2)CC1. The van der Waals surface area contributed by atoms with Gasteiger partial charge in [-0.1, -0.05) is 36.4 Å². The summed E-state index contributed by atoms with van der Waals surface area (Å²) in [6.07, 6.45) is 13.8. The van der Waals surface area contributed by atoms with E-state index in [9.17, 15) is 13.2 Å². The number of ether oxygens (including phenoxy) is 1. The van der Waals surface area contributed by atoms with Gasteiger partial charge < -0.3 is 4.74 Å². The van der Waals surface area contributed by atoms with Crippen LogP contribution >= 0.6 is 0 Å². The summed E-state index contributed by atoms with van der Waals surface area (Å²) in [6, 6.07) is 6.29. The van der Waals surface area contributed by atoms with Crippen LogP contribution < -0.4 is 4.74 Å². The first kappa shape index (κ1) is 21.0. The van der Waals surface area contributed by atoms with Gasteiger partial charge in [0.05, 0.1) is 0 Å². The molecule has 3 rings (SSSR count). The highest BCUT2D eigenvalue weighted by atomic mass is 19.4. The van der Waals surface area contributed by atoms with Crippen molar-refractivity contribution in [2.45, 2.75) is 64.7 Å². The van der Waals surface area contributed by atoms with Crippen LogP contribution in [0.1, 0.15) is 63.9 Å². The summed E-state index contributed by atoms with van der Waals surface area (Å²) in [4.78, 5) is 0. The molecule has 0 aromatic heterocycles. The zero-order valence-corrected chi connectivity index (χ0v) is 16.5. The summed E-state index contributed by atoms with van der Waals surface area (Å²) < 4.78 is 40.7. The lowest BCUT2D eigenvalue weighted by Crippen LogP contribution is -2.17. The molecule has 2 saturated carbocycles. The van der Waals surface area contributed by atoms with E-state index >= 15 is 0 Å². The Hall–Kier alpha value is -1.71. The Morgan fingerprint density at radius 2 is 1.43 bits per heavy atom. The molecule has 2 radical (unpaired) electrons. The summed E-state index contributed by atoms with van der Waals surface area (Å²) in [7, 11) is 0. The second-order valence-corrected chi connectivity index (χ2v) is 7.89. The largest absolute Gasteiger partial charge is 0.573 e. The van der Waals surface area contributed by atoms with Crippen LogP contribution in [0.3, 0.4) is 0 Å². The normalized spacial score (nSPS) is 21.7. The molecule has 0 bridgehead atoms. The van der Waals surface area contributed by atoms with Crippen molar-refractivity contribution in [1.29, 1.82) is 0 Å². The standard InChI is InChI=1S/C24H29F3O/c1-2-3-18-4-6-19(7-5-18)8-9-20-10-12-21(13-11-20)22-14-16-23(17-15-22)28-24(25,26)27/h2-3,8-9,14-18,20H,4-7,10-13H2,1H3/b3-2+,9-8+. The minimum atomic E-state index is -4.64. The van der Waals surface area contributed by atoms with Crippen LogP contribution in [0, 0.1) is 23.7 Å². The predicted octanol–water partition coefficient (Wildman–Crippen LogP) is 7.59. The van der Waals surface area contributed by atoms with E-state index in [1.807, 2.05) is 0 Å². The third-order valence-electron chi connectivity index (χ3n) is 5.87. The number of halogens is 3. The van der Waals surface area contributed by atoms with E-state index in [-0.39, 0.29) is 5.75 Å². The molecule has 2 aliphatic rings. The van der Waals surface area contributed by atoms with Crippen molar-refractivity contribution in [2.24, 2.45) is 11.8 Å². The molecule has 0 spiro atoms. The van der Waals surface area contributed by atoms with Crippen LogP contribution in [0.25, 0.3) is 0 Å². The Kier molecular flexibility index (Phi) is 7.25. The lowest BCUT2D eigenvalue weighted by atomic mass is 9.77. The van der Waals surface area contributed by atoms with Gasteiger partial charge in [0.15, 0.2) is 0 Å². The zero-order chi connectivity index (χ0) is 20.0. The fourth-order valence-electron chi connectivity index (χ4n) is 4.28. The van der Waals surface area contributed by atoms with Crippen molar-refractivity contribution in [3.63, 3.8) is 0 Å². The quantitative estimate of drug-likeness (QED) is 0.470. The first-order valence-electron chi connectivity index (χ1n) is 10.3. The van der Waals surface area contributed by atoms with Gasteiger partial charge in [-0.2, -0.15) is 0 Å². The lowest BCUT2D eigenvalue weighted by molar-refractivity contribution is -0.274. The molecule has 152 valence electrons. The van der Waals surface area contributed by atoms with Crippen molar-refractivity contribution in [3.8, 4) is 5.75 Å². The lowest BCUT2D eigenvalue weighted by Gasteiger charge is -2.28. The van der Waals surface area contributed by atoms with Gasteiger partial charge >= 0.3 is 6.36 Å². The molecule has 0 atom stereocenters. The van der Waals surface area contributed by atoms with Crippen molar-refractivity contribution in [1.82, 2.24) is 0 Å². The molecule has 0 aliphatic heterocycles. The smallest absolute Gasteiger partial charge is 0.406 e. The maximum absolute atomic E-state index is 12.3. The van der Waals surface area contributed by atoms with Gasteiger partial charge in [-0.05, 0) is 93.7 Å². The summed E-state index contributed by atoms with van der Waals surface area (Å²) >= 11 is 0. The van der Waals surface area contributed by atoms with Crippen LogP contribution in [-0.2, 0) is 0 Å². The van der Waals surface area contributed by atoms with Crippen LogP contribution in [-0.4, -0.2) is 6.36 Å². The maximum Gasteiger partial charge on any atom is 0.573 e. The van der Waals surface area contributed by atoms with Crippen molar-refractivity contribution >= 4 is 0 Å². The van der Waals surface area contributed by atoms with Gasteiger partial charge in [-0.3, -0.25) is 0 Å². The van der Waals surface area contributed by atoms with Crippen LogP contribution in [0.5, 0.6) is 5.75 Å². The molecule has 0 heterocycles. The molecule has 4 heteroatoms. The topological polar surface area (TPSA) is 9.23 Å². The minimum absolute atomic E-state index is 0.158. The number of allylic oxidation sites excluding steroid dienone is 4. The Labute approximate surface area is 166 Å². The number of alkyl halides is 3. The van der Waals surface area contributed by atoms with Crippen molar-refractivity contribution in [2.75, 3.05) is 0 Å². The molecule has 0 saturated heterocycles. The Bertz CT molecular complexity index is 643. The summed E-state index contributed by atoms with van der Waals surface area (Å²) in [5, 5.41) is 0. The van der Waals surface area contributed by atoms with Gasteiger partial charge in [0.1, 0.15) is 5.75 Å². The fraction of sp³-hybridized carbons (Fsp3) is 0.500. The molecule has 28 heavy (non-hydrogen) atoms. The molecule has 0 amide bonds. The zero-order valence-electron chi connectivity index (χ0n) is 16.5. The van der Waals surface area contributed by atoms with E-state index in [4.69, 9.17) is 0 Å². The van der Waals surface area contributed by atoms with Gasteiger partial charge in [-0.15, -0.1) is 13.2 Å². The average Bonchev–Trinajstić information content (AvgIpc) is 2.68. The molecule has 1 nitrogen and oxygen atoms in total. The van der Waals surface area contributed by atoms with Crippen LogP contribution in [0.15, 0.2) is 48.6 Å². The molecule has 1 aromatic carbocycles. The third kappa shape index (κ3) is 6.42. The van der Waals surface area contributed by atoms with Crippen molar-refractivity contribution in [3.05, 3.63) is 66.0 Å². The van der Waals surface area contributed by atoms with E-state index in [1.165, 1.54) is 43.7 Å². The second kappa shape index (κ2) is 9.67. The minimum Gasteiger partial charge on any atom is -0.406 e. The highest BCUT2D eigenvalue weighted by molar-refractivity contribution is 5.36. The third-order valence-corrected chi connectivity index (χ3v) is 5.87. The Morgan fingerprint density at radius 1 is 0.857 bits per heavy atom. The molecule has 0 N–H and O–H groups in total. The number of rotatable bonds is 5. The molecule has 1 aromatic rings. The Morgan fingerprint density at radius 3 is 2.00 bits per heavy atom. The van der Waals surface area contributed by atoms with E-state index in [0.717, 1.165) is 37.2 Å². The summed E-state index contributed by atoms with van der Waals surface area (Å²) in [6.45, 7) is 2.10. The van der Waals surface area contributed by atoms with Gasteiger partial charge in [0, 0.05) is 5.92 Å². The summed E-state index contributed by atoms with van der Waals surface area (Å²) in [5.74, 6) is 4.12. The maximum atomic E-state index is 12.3. The molecule has 2 aliphatic carbocycles. The van der Waals surface area contributed by atoms with E-state index in [2.05, 4.69) is 36.0 Å². The average molecular weight is 390 g/mol. The highest BCUT2D eigenvalue weighted by Crippen LogP contribution is 2.38.